The van der Waals surface area contributed by atoms with Crippen molar-refractivity contribution in [1.29, 1.82) is 0 Å². The summed E-state index contributed by atoms with van der Waals surface area (Å²) in [5.74, 6) is 2.43. The van der Waals surface area contributed by atoms with E-state index >= 15 is 0 Å². The average Bonchev–Trinajstić information content (AvgIpc) is 3.17. The smallest absolute Gasteiger partial charge is 0.167 e. The van der Waals surface area contributed by atoms with Gasteiger partial charge >= 0.3 is 0 Å². The van der Waals surface area contributed by atoms with Gasteiger partial charge in [-0.15, -0.1) is 0 Å². The molecule has 3 aromatic rings. The van der Waals surface area contributed by atoms with E-state index < -0.39 is 0 Å². The van der Waals surface area contributed by atoms with E-state index in [0.29, 0.717) is 6.54 Å². The van der Waals surface area contributed by atoms with Gasteiger partial charge in [0, 0.05) is 30.8 Å². The zero-order valence-electron chi connectivity index (χ0n) is 13.8. The maximum atomic E-state index is 5.41. The van der Waals surface area contributed by atoms with Crippen LogP contribution < -0.4 is 10.2 Å². The summed E-state index contributed by atoms with van der Waals surface area (Å²) >= 11 is 0. The van der Waals surface area contributed by atoms with Crippen LogP contribution in [0.1, 0.15) is 5.69 Å². The van der Waals surface area contributed by atoms with Crippen LogP contribution in [0.5, 0.6) is 0 Å². The zero-order chi connectivity index (χ0) is 16.9. The van der Waals surface area contributed by atoms with Crippen LogP contribution in [0.2, 0.25) is 0 Å². The zero-order valence-corrected chi connectivity index (χ0v) is 13.8. The van der Waals surface area contributed by atoms with Gasteiger partial charge in [-0.25, -0.2) is 9.97 Å². The summed E-state index contributed by atoms with van der Waals surface area (Å²) in [4.78, 5) is 10.8. The topological polar surface area (TPSA) is 76.3 Å². The molecular formula is C18H19N5O2. The molecule has 2 aromatic heterocycles. The molecule has 0 bridgehead atoms. The number of benzene rings is 1. The molecule has 0 saturated carbocycles. The third-order valence-electron chi connectivity index (χ3n) is 4.06. The van der Waals surface area contributed by atoms with Crippen molar-refractivity contribution in [2.24, 2.45) is 0 Å². The van der Waals surface area contributed by atoms with E-state index in [2.05, 4.69) is 25.3 Å². The third kappa shape index (κ3) is 3.77. The maximum absolute atomic E-state index is 5.41. The number of ether oxygens (including phenoxy) is 1. The first-order valence-electron chi connectivity index (χ1n) is 8.28. The highest BCUT2D eigenvalue weighted by molar-refractivity contribution is 5.57. The Balaban J connectivity index is 1.41. The van der Waals surface area contributed by atoms with Crippen LogP contribution in [-0.2, 0) is 11.3 Å². The van der Waals surface area contributed by atoms with Crippen molar-refractivity contribution in [3.8, 4) is 11.3 Å². The number of hydrogen-bond donors (Lipinski definition) is 1. The molecule has 0 spiro atoms. The molecule has 0 unspecified atom stereocenters. The summed E-state index contributed by atoms with van der Waals surface area (Å²) in [5, 5.41) is 7.39. The molecule has 1 fully saturated rings. The third-order valence-corrected chi connectivity index (χ3v) is 4.06. The highest BCUT2D eigenvalue weighted by Gasteiger charge is 2.13. The standard InChI is InChI=1S/C18H19N5O2/c1-2-4-14(5-3-1)16-10-15(22-25-16)12-19-17-11-18(21-13-20-17)23-6-8-24-9-7-23/h1-5,10-11,13H,6-9,12H2,(H,19,20,21). The number of morpholine rings is 1. The highest BCUT2D eigenvalue weighted by Crippen LogP contribution is 2.20. The predicted octanol–water partition coefficient (Wildman–Crippen LogP) is 2.58. The second kappa shape index (κ2) is 7.31. The lowest BCUT2D eigenvalue weighted by Crippen LogP contribution is -2.36. The predicted molar refractivity (Wildman–Crippen MR) is 94.3 cm³/mol. The number of nitrogens with zero attached hydrogens (tertiary/aromatic N) is 4. The molecule has 7 heteroatoms. The van der Waals surface area contributed by atoms with Crippen molar-refractivity contribution >= 4 is 11.6 Å². The molecule has 7 nitrogen and oxygen atoms in total. The highest BCUT2D eigenvalue weighted by atomic mass is 16.5. The van der Waals surface area contributed by atoms with E-state index in [0.717, 1.165) is 55.0 Å². The van der Waals surface area contributed by atoms with Gasteiger partial charge in [0.05, 0.1) is 19.8 Å². The number of anilines is 2. The normalized spacial score (nSPS) is 14.5. The number of nitrogens with one attached hydrogen (secondary N) is 1. The second-order valence-electron chi connectivity index (χ2n) is 5.76. The molecule has 0 atom stereocenters. The van der Waals surface area contributed by atoms with Crippen molar-refractivity contribution in [2.75, 3.05) is 36.5 Å². The molecule has 1 aromatic carbocycles. The summed E-state index contributed by atoms with van der Waals surface area (Å²) in [6, 6.07) is 13.8. The van der Waals surface area contributed by atoms with Gasteiger partial charge < -0.3 is 19.5 Å². The van der Waals surface area contributed by atoms with Crippen molar-refractivity contribution in [1.82, 2.24) is 15.1 Å². The first-order valence-corrected chi connectivity index (χ1v) is 8.28. The van der Waals surface area contributed by atoms with E-state index in [1.54, 1.807) is 6.33 Å². The van der Waals surface area contributed by atoms with E-state index in [-0.39, 0.29) is 0 Å². The van der Waals surface area contributed by atoms with Crippen molar-refractivity contribution < 1.29 is 9.26 Å². The van der Waals surface area contributed by atoms with Gasteiger partial charge in [0.15, 0.2) is 5.76 Å². The Morgan fingerprint density at radius 2 is 1.88 bits per heavy atom. The largest absolute Gasteiger partial charge is 0.378 e. The fourth-order valence-electron chi connectivity index (χ4n) is 2.72. The SMILES string of the molecule is c1ccc(-c2cc(CNc3cc(N4CCOCC4)ncn3)no2)cc1. The molecule has 0 amide bonds. The first-order chi connectivity index (χ1) is 12.4. The minimum atomic E-state index is 0.538. The quantitative estimate of drug-likeness (QED) is 0.767. The van der Waals surface area contributed by atoms with E-state index in [1.807, 2.05) is 42.5 Å². The van der Waals surface area contributed by atoms with Gasteiger partial charge in [-0.2, -0.15) is 0 Å². The van der Waals surface area contributed by atoms with Gasteiger partial charge in [0.2, 0.25) is 0 Å². The van der Waals surface area contributed by atoms with Gasteiger partial charge in [-0.1, -0.05) is 35.5 Å². The van der Waals surface area contributed by atoms with Crippen molar-refractivity contribution in [3.63, 3.8) is 0 Å². The minimum absolute atomic E-state index is 0.538. The van der Waals surface area contributed by atoms with Crippen LogP contribution in [0.3, 0.4) is 0 Å². The lowest BCUT2D eigenvalue weighted by atomic mass is 10.2. The first kappa shape index (κ1) is 15.6. The molecule has 1 aliphatic heterocycles. The van der Waals surface area contributed by atoms with Gasteiger partial charge in [0.1, 0.15) is 23.7 Å². The van der Waals surface area contributed by atoms with Crippen LogP contribution in [0.25, 0.3) is 11.3 Å². The molecule has 4 rings (SSSR count). The van der Waals surface area contributed by atoms with Crippen molar-refractivity contribution in [2.45, 2.75) is 6.54 Å². The average molecular weight is 337 g/mol. The monoisotopic (exact) mass is 337 g/mol. The Morgan fingerprint density at radius 1 is 1.04 bits per heavy atom. The minimum Gasteiger partial charge on any atom is -0.378 e. The maximum Gasteiger partial charge on any atom is 0.167 e. The lowest BCUT2D eigenvalue weighted by molar-refractivity contribution is 0.122. The fraction of sp³-hybridized carbons (Fsp3) is 0.278. The number of hydrogen-bond acceptors (Lipinski definition) is 7. The Bertz CT molecular complexity index is 815. The molecule has 1 saturated heterocycles. The van der Waals surface area contributed by atoms with E-state index in [1.165, 1.54) is 0 Å². The molecule has 3 heterocycles. The van der Waals surface area contributed by atoms with Crippen LogP contribution in [0, 0.1) is 0 Å². The second-order valence-corrected chi connectivity index (χ2v) is 5.76. The van der Waals surface area contributed by atoms with Crippen molar-refractivity contribution in [3.05, 3.63) is 54.5 Å². The van der Waals surface area contributed by atoms with Gasteiger partial charge in [0.25, 0.3) is 0 Å². The van der Waals surface area contributed by atoms with E-state index in [4.69, 9.17) is 9.26 Å². The Hall–Kier alpha value is -2.93. The molecule has 1 N–H and O–H groups in total. The van der Waals surface area contributed by atoms with Gasteiger partial charge in [-0.3, -0.25) is 0 Å². The molecule has 128 valence electrons. The summed E-state index contributed by atoms with van der Waals surface area (Å²) in [5.41, 5.74) is 1.84. The lowest BCUT2D eigenvalue weighted by Gasteiger charge is -2.27. The summed E-state index contributed by atoms with van der Waals surface area (Å²) in [6.07, 6.45) is 1.57. The molecule has 1 aliphatic rings. The Morgan fingerprint density at radius 3 is 2.72 bits per heavy atom. The molecular weight excluding hydrogens is 318 g/mol. The summed E-state index contributed by atoms with van der Waals surface area (Å²) in [6.45, 7) is 3.69. The van der Waals surface area contributed by atoms with E-state index in [9.17, 15) is 0 Å². The van der Waals surface area contributed by atoms with Crippen LogP contribution >= 0.6 is 0 Å². The Labute approximate surface area is 145 Å². The molecule has 25 heavy (non-hydrogen) atoms. The molecule has 0 aliphatic carbocycles. The van der Waals surface area contributed by atoms with Crippen LogP contribution in [-0.4, -0.2) is 41.4 Å². The fourth-order valence-corrected chi connectivity index (χ4v) is 2.72. The van der Waals surface area contributed by atoms with Crippen LogP contribution in [0.4, 0.5) is 11.6 Å². The summed E-state index contributed by atoms with van der Waals surface area (Å²) in [7, 11) is 0. The summed E-state index contributed by atoms with van der Waals surface area (Å²) < 4.78 is 10.8. The number of aromatic nitrogens is 3. The Kier molecular flexibility index (Phi) is 4.56. The molecule has 0 radical (unpaired) electrons. The number of rotatable bonds is 5. The van der Waals surface area contributed by atoms with Gasteiger partial charge in [-0.05, 0) is 0 Å². The van der Waals surface area contributed by atoms with Crippen LogP contribution in [0.15, 0.2) is 53.3 Å².